The van der Waals surface area contributed by atoms with Gasteiger partial charge in [0.15, 0.2) is 11.6 Å². The summed E-state index contributed by atoms with van der Waals surface area (Å²) in [6.07, 6.45) is 2.63. The number of alkyl halides is 2. The van der Waals surface area contributed by atoms with Crippen molar-refractivity contribution in [3.8, 4) is 34.0 Å². The summed E-state index contributed by atoms with van der Waals surface area (Å²) in [7, 11) is 0. The van der Waals surface area contributed by atoms with Gasteiger partial charge in [-0.1, -0.05) is 6.07 Å². The van der Waals surface area contributed by atoms with E-state index in [-0.39, 0.29) is 36.7 Å². The fraction of sp³-hybridized carbons (Fsp3) is 0.417. The number of ether oxygens (including phenoxy) is 1. The van der Waals surface area contributed by atoms with Crippen molar-refractivity contribution in [2.24, 2.45) is 0 Å². The third kappa shape index (κ3) is 3.91. The lowest BCUT2D eigenvalue weighted by Crippen LogP contribution is -2.59. The van der Waals surface area contributed by atoms with Gasteiger partial charge in [-0.05, 0) is 37.1 Å². The van der Waals surface area contributed by atoms with E-state index in [2.05, 4.69) is 30.6 Å². The molecule has 2 N–H and O–H groups in total. The number of fused-ring (bicyclic) bond motifs is 3. The fourth-order valence-electron chi connectivity index (χ4n) is 5.45. The highest BCUT2D eigenvalue weighted by atomic mass is 19.3. The van der Waals surface area contributed by atoms with E-state index in [0.717, 1.165) is 5.56 Å². The molecule has 2 aromatic heterocycles. The molecule has 3 aliphatic rings. The van der Waals surface area contributed by atoms with E-state index < -0.39 is 5.92 Å². The quantitative estimate of drug-likeness (QED) is 0.606. The van der Waals surface area contributed by atoms with E-state index in [1.807, 2.05) is 12.1 Å². The van der Waals surface area contributed by atoms with Gasteiger partial charge in [0.05, 0.1) is 12.2 Å². The molecule has 10 heteroatoms. The highest BCUT2D eigenvalue weighted by Crippen LogP contribution is 2.41. The van der Waals surface area contributed by atoms with Gasteiger partial charge >= 0.3 is 0 Å². The van der Waals surface area contributed by atoms with Gasteiger partial charge in [0.2, 0.25) is 0 Å². The molecule has 2 bridgehead atoms. The minimum Gasteiger partial charge on any atom is -0.507 e. The SMILES string of the molecule is Oc1cc(-c2cccnn2)ccc1-c1cc2c(nn1)N([C@H]1C[C@@H]3CC(F)(F)C[C@H](C1)N3)CCO2. The van der Waals surface area contributed by atoms with Crippen LogP contribution in [0.5, 0.6) is 11.5 Å². The summed E-state index contributed by atoms with van der Waals surface area (Å²) in [6.45, 7) is 1.12. The number of nitrogens with zero attached hydrogens (tertiary/aromatic N) is 5. The number of phenols is 1. The van der Waals surface area contributed by atoms with Gasteiger partial charge < -0.3 is 20.1 Å². The summed E-state index contributed by atoms with van der Waals surface area (Å²) in [5.41, 5.74) is 2.42. The first-order valence-corrected chi connectivity index (χ1v) is 11.5. The minimum absolute atomic E-state index is 0.0529. The Kier molecular flexibility index (Phi) is 5.05. The molecule has 0 spiro atoms. The molecule has 0 amide bonds. The van der Waals surface area contributed by atoms with E-state index in [0.29, 0.717) is 54.5 Å². The van der Waals surface area contributed by atoms with Crippen LogP contribution >= 0.6 is 0 Å². The van der Waals surface area contributed by atoms with Crippen LogP contribution < -0.4 is 15.0 Å². The maximum atomic E-state index is 14.0. The highest BCUT2D eigenvalue weighted by molar-refractivity contribution is 5.74. The van der Waals surface area contributed by atoms with Crippen LogP contribution in [-0.4, -0.2) is 62.7 Å². The van der Waals surface area contributed by atoms with Crippen LogP contribution in [0, 0.1) is 0 Å². The molecule has 8 nitrogen and oxygen atoms in total. The number of piperidine rings is 2. The van der Waals surface area contributed by atoms with Gasteiger partial charge in [-0.2, -0.15) is 10.2 Å². The lowest BCUT2D eigenvalue weighted by Gasteiger charge is -2.47. The van der Waals surface area contributed by atoms with Crippen molar-refractivity contribution in [2.45, 2.75) is 49.7 Å². The van der Waals surface area contributed by atoms with Crippen molar-refractivity contribution >= 4 is 5.82 Å². The van der Waals surface area contributed by atoms with Gasteiger partial charge in [0.1, 0.15) is 18.1 Å². The van der Waals surface area contributed by atoms with Gasteiger partial charge in [-0.3, -0.25) is 0 Å². The zero-order valence-electron chi connectivity index (χ0n) is 18.4. The number of nitrogens with one attached hydrogen (secondary N) is 1. The van der Waals surface area contributed by atoms with Gasteiger partial charge in [0.25, 0.3) is 5.92 Å². The van der Waals surface area contributed by atoms with E-state index in [4.69, 9.17) is 4.74 Å². The first-order valence-electron chi connectivity index (χ1n) is 11.5. The Hall–Kier alpha value is -3.40. The molecule has 0 radical (unpaired) electrons. The molecule has 0 saturated carbocycles. The molecule has 5 heterocycles. The second-order valence-corrected chi connectivity index (χ2v) is 9.25. The fourth-order valence-corrected chi connectivity index (χ4v) is 5.45. The number of halogens is 2. The van der Waals surface area contributed by atoms with Crippen LogP contribution in [0.3, 0.4) is 0 Å². The standard InChI is InChI=1S/C24H24F2N6O2/c25-24(26)12-15-9-17(10-16(13-24)28-15)32-6-7-34-22-11-20(30-31-23(22)32)18-4-3-14(8-21(18)33)19-2-1-5-27-29-19/h1-5,8,11,15-17,28,33H,6-7,9-10,12-13H2/t15-,16+,17+. The van der Waals surface area contributed by atoms with Crippen molar-refractivity contribution in [3.05, 3.63) is 42.6 Å². The number of phenolic OH excluding ortho intramolecular Hbond substituents is 1. The number of hydrogen-bond acceptors (Lipinski definition) is 8. The Bertz CT molecular complexity index is 1200. The lowest BCUT2D eigenvalue weighted by molar-refractivity contribution is -0.0672. The van der Waals surface area contributed by atoms with Crippen molar-refractivity contribution in [1.82, 2.24) is 25.7 Å². The smallest absolute Gasteiger partial charge is 0.251 e. The van der Waals surface area contributed by atoms with Crippen LogP contribution in [-0.2, 0) is 0 Å². The number of aromatic hydroxyl groups is 1. The summed E-state index contributed by atoms with van der Waals surface area (Å²) in [5, 5.41) is 30.8. The van der Waals surface area contributed by atoms with E-state index in [1.165, 1.54) is 0 Å². The maximum absolute atomic E-state index is 14.0. The number of benzene rings is 1. The van der Waals surface area contributed by atoms with E-state index in [1.54, 1.807) is 30.5 Å². The second kappa shape index (κ2) is 8.12. The Morgan fingerprint density at radius 2 is 1.85 bits per heavy atom. The maximum Gasteiger partial charge on any atom is 0.251 e. The van der Waals surface area contributed by atoms with Crippen molar-refractivity contribution in [3.63, 3.8) is 0 Å². The largest absolute Gasteiger partial charge is 0.507 e. The Morgan fingerprint density at radius 3 is 2.59 bits per heavy atom. The Labute approximate surface area is 195 Å². The van der Waals surface area contributed by atoms with Gasteiger partial charge in [-0.15, -0.1) is 10.2 Å². The average Bonchev–Trinajstić information content (AvgIpc) is 2.82. The molecule has 3 aromatic rings. The molecule has 2 fully saturated rings. The summed E-state index contributed by atoms with van der Waals surface area (Å²) in [6, 6.07) is 10.3. The minimum atomic E-state index is -2.59. The second-order valence-electron chi connectivity index (χ2n) is 9.25. The summed E-state index contributed by atoms with van der Waals surface area (Å²) < 4.78 is 33.8. The third-order valence-electron chi connectivity index (χ3n) is 6.86. The molecule has 3 aliphatic heterocycles. The predicted octanol–water partition coefficient (Wildman–Crippen LogP) is 3.42. The molecule has 6 rings (SSSR count). The van der Waals surface area contributed by atoms with Crippen LogP contribution in [0.25, 0.3) is 22.5 Å². The number of aromatic nitrogens is 4. The number of hydrogen-bond donors (Lipinski definition) is 2. The lowest BCUT2D eigenvalue weighted by atomic mass is 9.81. The van der Waals surface area contributed by atoms with Crippen molar-refractivity contribution in [1.29, 1.82) is 0 Å². The zero-order chi connectivity index (χ0) is 23.3. The summed E-state index contributed by atoms with van der Waals surface area (Å²) >= 11 is 0. The zero-order valence-corrected chi connectivity index (χ0v) is 18.4. The number of rotatable bonds is 3. The van der Waals surface area contributed by atoms with Crippen LogP contribution in [0.1, 0.15) is 25.7 Å². The Balaban J connectivity index is 1.26. The normalized spacial score (nSPS) is 25.4. The summed E-state index contributed by atoms with van der Waals surface area (Å²) in [4.78, 5) is 2.15. The molecule has 1 aromatic carbocycles. The highest BCUT2D eigenvalue weighted by Gasteiger charge is 2.46. The molecule has 0 unspecified atom stereocenters. The van der Waals surface area contributed by atoms with Crippen LogP contribution in [0.2, 0.25) is 0 Å². The van der Waals surface area contributed by atoms with E-state index >= 15 is 0 Å². The van der Waals surface area contributed by atoms with Crippen molar-refractivity contribution < 1.29 is 18.6 Å². The first kappa shape index (κ1) is 21.2. The molecular weight excluding hydrogens is 442 g/mol. The van der Waals surface area contributed by atoms with Gasteiger partial charge in [0, 0.05) is 54.4 Å². The van der Waals surface area contributed by atoms with Crippen LogP contribution in [0.4, 0.5) is 14.6 Å². The van der Waals surface area contributed by atoms with E-state index in [9.17, 15) is 13.9 Å². The van der Waals surface area contributed by atoms with Crippen LogP contribution in [0.15, 0.2) is 42.6 Å². The van der Waals surface area contributed by atoms with Crippen molar-refractivity contribution in [2.75, 3.05) is 18.1 Å². The monoisotopic (exact) mass is 466 g/mol. The Morgan fingerprint density at radius 1 is 1.03 bits per heavy atom. The first-order chi connectivity index (χ1) is 16.4. The predicted molar refractivity (Wildman–Crippen MR) is 121 cm³/mol. The van der Waals surface area contributed by atoms with Gasteiger partial charge in [-0.25, -0.2) is 8.78 Å². The molecular formula is C24H24F2N6O2. The average molecular weight is 466 g/mol. The topological polar surface area (TPSA) is 96.3 Å². The molecule has 3 atom stereocenters. The number of anilines is 1. The third-order valence-corrected chi connectivity index (χ3v) is 6.86. The molecule has 176 valence electrons. The molecule has 0 aliphatic carbocycles. The molecule has 2 saturated heterocycles. The molecule has 34 heavy (non-hydrogen) atoms. The summed E-state index contributed by atoms with van der Waals surface area (Å²) in [5.74, 6) is -1.32.